The minimum Gasteiger partial charge on any atom is -0.481 e. The fourth-order valence-electron chi connectivity index (χ4n) is 3.22. The summed E-state index contributed by atoms with van der Waals surface area (Å²) in [5, 5.41) is 9.10. The van der Waals surface area contributed by atoms with Crippen LogP contribution in [-0.2, 0) is 24.1 Å². The predicted molar refractivity (Wildman–Crippen MR) is 99.8 cm³/mol. The van der Waals surface area contributed by atoms with E-state index in [1.54, 1.807) is 11.3 Å². The second-order valence-corrected chi connectivity index (χ2v) is 7.71. The van der Waals surface area contributed by atoms with Gasteiger partial charge >= 0.3 is 5.97 Å². The Morgan fingerprint density at radius 2 is 2.04 bits per heavy atom. The monoisotopic (exact) mass is 341 g/mol. The molecular formula is C20H23NO2S. The molecule has 0 saturated heterocycles. The van der Waals surface area contributed by atoms with Crippen LogP contribution < -0.4 is 0 Å². The molecule has 1 aromatic carbocycles. The summed E-state index contributed by atoms with van der Waals surface area (Å²) in [5.74, 6) is -0.759. The highest BCUT2D eigenvalue weighted by Crippen LogP contribution is 2.38. The molecule has 1 aromatic heterocycles. The van der Waals surface area contributed by atoms with E-state index in [0.717, 1.165) is 30.7 Å². The van der Waals surface area contributed by atoms with Crippen molar-refractivity contribution in [2.45, 2.75) is 25.7 Å². The van der Waals surface area contributed by atoms with E-state index in [-0.39, 0.29) is 6.42 Å². The Hall–Kier alpha value is -1.91. The lowest BCUT2D eigenvalue weighted by molar-refractivity contribution is -0.136. The van der Waals surface area contributed by atoms with Crippen molar-refractivity contribution in [3.05, 3.63) is 62.9 Å². The summed E-state index contributed by atoms with van der Waals surface area (Å²) >= 11 is 1.66. The fourth-order valence-corrected chi connectivity index (χ4v) is 4.39. The largest absolute Gasteiger partial charge is 0.481 e. The number of aliphatic carboxylic acids is 1. The van der Waals surface area contributed by atoms with Gasteiger partial charge in [-0.15, -0.1) is 11.3 Å². The van der Waals surface area contributed by atoms with Crippen molar-refractivity contribution in [3.63, 3.8) is 0 Å². The molecule has 0 unspecified atom stereocenters. The van der Waals surface area contributed by atoms with Crippen LogP contribution in [0.3, 0.4) is 0 Å². The van der Waals surface area contributed by atoms with Crippen molar-refractivity contribution in [1.82, 2.24) is 4.90 Å². The minimum atomic E-state index is -0.759. The Morgan fingerprint density at radius 3 is 2.79 bits per heavy atom. The van der Waals surface area contributed by atoms with Gasteiger partial charge in [-0.05, 0) is 61.7 Å². The van der Waals surface area contributed by atoms with Gasteiger partial charge in [-0.25, -0.2) is 0 Å². The van der Waals surface area contributed by atoms with Crippen LogP contribution in [0.25, 0.3) is 5.57 Å². The van der Waals surface area contributed by atoms with Crippen LogP contribution in [0.4, 0.5) is 0 Å². The molecule has 0 spiro atoms. The first kappa shape index (κ1) is 16.9. The lowest BCUT2D eigenvalue weighted by Gasteiger charge is -2.11. The number of carboxylic acid groups (broad SMARTS) is 1. The van der Waals surface area contributed by atoms with Crippen molar-refractivity contribution in [2.75, 3.05) is 20.6 Å². The van der Waals surface area contributed by atoms with E-state index in [1.807, 2.05) is 0 Å². The van der Waals surface area contributed by atoms with Gasteiger partial charge in [-0.3, -0.25) is 4.79 Å². The van der Waals surface area contributed by atoms with Crippen molar-refractivity contribution < 1.29 is 9.90 Å². The summed E-state index contributed by atoms with van der Waals surface area (Å²) in [5.41, 5.74) is 5.19. The van der Waals surface area contributed by atoms with Crippen LogP contribution in [0.15, 0.2) is 36.4 Å². The highest BCUT2D eigenvalue weighted by atomic mass is 32.1. The molecule has 0 aliphatic heterocycles. The number of fused-ring (bicyclic) bond motifs is 2. The number of rotatable bonds is 5. The third kappa shape index (κ3) is 3.77. The second kappa shape index (κ2) is 7.32. The fraction of sp³-hybridized carbons (Fsp3) is 0.350. The van der Waals surface area contributed by atoms with E-state index < -0.39 is 5.97 Å². The Morgan fingerprint density at radius 1 is 1.25 bits per heavy atom. The first-order valence-corrected chi connectivity index (χ1v) is 9.13. The Balaban J connectivity index is 2.03. The molecule has 4 heteroatoms. The standard InChI is InChI=1S/C20H23NO2S/c1-21(2)11-5-8-17-16-7-4-3-6-14(16)9-10-19-18(17)12-15(24-19)13-20(22)23/h3-4,6-8,12H,5,9-11,13H2,1-2H3,(H,22,23)/b17-8+. The maximum absolute atomic E-state index is 11.1. The van der Waals surface area contributed by atoms with Crippen LogP contribution in [-0.4, -0.2) is 36.6 Å². The molecule has 2 aromatic rings. The van der Waals surface area contributed by atoms with Crippen LogP contribution in [0, 0.1) is 0 Å². The molecule has 3 rings (SSSR count). The van der Waals surface area contributed by atoms with E-state index in [1.165, 1.54) is 27.1 Å². The third-order valence-corrected chi connectivity index (χ3v) is 5.52. The van der Waals surface area contributed by atoms with E-state index in [2.05, 4.69) is 55.4 Å². The first-order chi connectivity index (χ1) is 11.5. The molecule has 0 fully saturated rings. The van der Waals surface area contributed by atoms with Crippen LogP contribution in [0.1, 0.15) is 32.9 Å². The molecule has 0 bridgehead atoms. The molecule has 1 aliphatic carbocycles. The zero-order valence-corrected chi connectivity index (χ0v) is 15.0. The van der Waals surface area contributed by atoms with Gasteiger partial charge in [0, 0.05) is 16.3 Å². The van der Waals surface area contributed by atoms with Crippen molar-refractivity contribution in [3.8, 4) is 0 Å². The average Bonchev–Trinajstić information content (AvgIpc) is 2.85. The maximum atomic E-state index is 11.1. The maximum Gasteiger partial charge on any atom is 0.308 e. The summed E-state index contributed by atoms with van der Waals surface area (Å²) in [4.78, 5) is 15.5. The molecule has 1 aliphatic rings. The molecule has 0 radical (unpaired) electrons. The molecule has 0 saturated carbocycles. The highest BCUT2D eigenvalue weighted by Gasteiger charge is 2.21. The molecule has 0 amide bonds. The molecule has 126 valence electrons. The van der Waals surface area contributed by atoms with Crippen molar-refractivity contribution in [1.29, 1.82) is 0 Å². The molecule has 3 nitrogen and oxygen atoms in total. The molecule has 1 heterocycles. The summed E-state index contributed by atoms with van der Waals surface area (Å²) in [6.07, 6.45) is 5.42. The number of carbonyl (C=O) groups is 1. The van der Waals surface area contributed by atoms with Gasteiger partial charge in [0.2, 0.25) is 0 Å². The average molecular weight is 341 g/mol. The summed E-state index contributed by atoms with van der Waals surface area (Å²) < 4.78 is 0. The zero-order valence-electron chi connectivity index (χ0n) is 14.2. The number of aryl methyl sites for hydroxylation is 2. The Labute approximate surface area is 147 Å². The zero-order chi connectivity index (χ0) is 17.1. The Bertz CT molecular complexity index is 774. The van der Waals surface area contributed by atoms with E-state index >= 15 is 0 Å². The van der Waals surface area contributed by atoms with Gasteiger partial charge in [0.05, 0.1) is 6.42 Å². The molecule has 24 heavy (non-hydrogen) atoms. The van der Waals surface area contributed by atoms with Crippen LogP contribution in [0.5, 0.6) is 0 Å². The van der Waals surface area contributed by atoms with Gasteiger partial charge in [0.1, 0.15) is 0 Å². The number of carboxylic acids is 1. The number of hydrogen-bond donors (Lipinski definition) is 1. The quantitative estimate of drug-likeness (QED) is 0.898. The SMILES string of the molecule is CN(C)CC/C=C1\c2ccccc2CCc2sc(CC(=O)O)cc21. The lowest BCUT2D eigenvalue weighted by atomic mass is 9.95. The molecule has 0 atom stereocenters. The summed E-state index contributed by atoms with van der Waals surface area (Å²) in [6.45, 7) is 1.01. The van der Waals surface area contributed by atoms with Crippen molar-refractivity contribution >= 4 is 22.9 Å². The minimum absolute atomic E-state index is 0.115. The highest BCUT2D eigenvalue weighted by molar-refractivity contribution is 7.12. The number of nitrogens with zero attached hydrogens (tertiary/aromatic N) is 1. The van der Waals surface area contributed by atoms with E-state index in [9.17, 15) is 4.79 Å². The number of hydrogen-bond acceptors (Lipinski definition) is 3. The predicted octanol–water partition coefficient (Wildman–Crippen LogP) is 3.86. The topological polar surface area (TPSA) is 40.5 Å². The summed E-state index contributed by atoms with van der Waals surface area (Å²) in [7, 11) is 4.17. The number of benzene rings is 1. The van der Waals surface area contributed by atoms with Gasteiger partial charge in [0.25, 0.3) is 0 Å². The van der Waals surface area contributed by atoms with Crippen LogP contribution >= 0.6 is 11.3 Å². The first-order valence-electron chi connectivity index (χ1n) is 8.31. The smallest absolute Gasteiger partial charge is 0.308 e. The Kier molecular flexibility index (Phi) is 5.17. The third-order valence-electron chi connectivity index (χ3n) is 4.33. The molecule has 1 N–H and O–H groups in total. The van der Waals surface area contributed by atoms with Gasteiger partial charge in [-0.1, -0.05) is 30.3 Å². The second-order valence-electron chi connectivity index (χ2n) is 6.49. The lowest BCUT2D eigenvalue weighted by Crippen LogP contribution is -2.12. The van der Waals surface area contributed by atoms with Crippen LogP contribution in [0.2, 0.25) is 0 Å². The van der Waals surface area contributed by atoms with Gasteiger partial charge < -0.3 is 10.0 Å². The van der Waals surface area contributed by atoms with Crippen molar-refractivity contribution in [2.24, 2.45) is 0 Å². The summed E-state index contributed by atoms with van der Waals surface area (Å²) in [6, 6.07) is 10.7. The molecular weight excluding hydrogens is 318 g/mol. The number of thiophene rings is 1. The van der Waals surface area contributed by atoms with Gasteiger partial charge in [-0.2, -0.15) is 0 Å². The van der Waals surface area contributed by atoms with E-state index in [4.69, 9.17) is 5.11 Å². The van der Waals surface area contributed by atoms with E-state index in [0.29, 0.717) is 0 Å². The normalized spacial score (nSPS) is 15.2. The van der Waals surface area contributed by atoms with Gasteiger partial charge in [0.15, 0.2) is 0 Å².